The molecule has 0 fully saturated rings. The van der Waals surface area contributed by atoms with Crippen LogP contribution in [0, 0.1) is 0 Å². The maximum Gasteiger partial charge on any atom is 0.340 e. The second kappa shape index (κ2) is 7.03. The van der Waals surface area contributed by atoms with Gasteiger partial charge in [0, 0.05) is 33.7 Å². The SMILES string of the molecule is CCOC(=O)c1c[nH]c2c(=O)[nH]c3ccc(NC(=O)c4ccccc4)cc3c12. The van der Waals surface area contributed by atoms with Crippen LogP contribution in [-0.2, 0) is 4.74 Å². The predicted octanol–water partition coefficient (Wildman–Crippen LogP) is 3.44. The Morgan fingerprint density at radius 2 is 1.89 bits per heavy atom. The van der Waals surface area contributed by atoms with Crippen LogP contribution in [0.3, 0.4) is 0 Å². The number of aromatic nitrogens is 2. The second-order valence-corrected chi connectivity index (χ2v) is 6.21. The van der Waals surface area contributed by atoms with Crippen LogP contribution in [0.5, 0.6) is 0 Å². The Kier molecular flexibility index (Phi) is 4.41. The zero-order valence-corrected chi connectivity index (χ0v) is 15.0. The molecule has 0 bridgehead atoms. The number of nitrogens with one attached hydrogen (secondary N) is 3. The van der Waals surface area contributed by atoms with Crippen molar-refractivity contribution in [2.24, 2.45) is 0 Å². The predicted molar refractivity (Wildman–Crippen MR) is 107 cm³/mol. The first kappa shape index (κ1) is 17.5. The van der Waals surface area contributed by atoms with Gasteiger partial charge in [-0.05, 0) is 37.3 Å². The summed E-state index contributed by atoms with van der Waals surface area (Å²) in [5.41, 5.74) is 1.86. The van der Waals surface area contributed by atoms with E-state index >= 15 is 0 Å². The van der Waals surface area contributed by atoms with Crippen LogP contribution < -0.4 is 10.9 Å². The molecule has 7 heteroatoms. The van der Waals surface area contributed by atoms with Crippen molar-refractivity contribution < 1.29 is 14.3 Å². The van der Waals surface area contributed by atoms with Crippen molar-refractivity contribution in [3.05, 3.63) is 76.2 Å². The molecule has 1 amide bonds. The summed E-state index contributed by atoms with van der Waals surface area (Å²) in [5, 5.41) is 3.93. The number of hydrogen-bond donors (Lipinski definition) is 3. The summed E-state index contributed by atoms with van der Waals surface area (Å²) in [6, 6.07) is 14.0. The molecule has 2 aromatic heterocycles. The van der Waals surface area contributed by atoms with E-state index in [0.29, 0.717) is 27.5 Å². The third kappa shape index (κ3) is 3.03. The molecule has 4 aromatic rings. The van der Waals surface area contributed by atoms with E-state index in [1.54, 1.807) is 49.4 Å². The van der Waals surface area contributed by atoms with E-state index < -0.39 is 5.97 Å². The molecule has 3 N–H and O–H groups in total. The summed E-state index contributed by atoms with van der Waals surface area (Å²) in [6.07, 6.45) is 1.46. The van der Waals surface area contributed by atoms with Gasteiger partial charge < -0.3 is 20.0 Å². The molecule has 0 saturated heterocycles. The zero-order chi connectivity index (χ0) is 19.7. The molecule has 0 radical (unpaired) electrons. The van der Waals surface area contributed by atoms with Crippen molar-refractivity contribution >= 4 is 39.4 Å². The van der Waals surface area contributed by atoms with Gasteiger partial charge in [-0.2, -0.15) is 0 Å². The molecular weight excluding hydrogens is 358 g/mol. The summed E-state index contributed by atoms with van der Waals surface area (Å²) in [5.74, 6) is -0.764. The average molecular weight is 375 g/mol. The minimum Gasteiger partial charge on any atom is -0.462 e. The highest BCUT2D eigenvalue weighted by Gasteiger charge is 2.18. The van der Waals surface area contributed by atoms with Crippen molar-refractivity contribution in [2.75, 3.05) is 11.9 Å². The lowest BCUT2D eigenvalue weighted by molar-refractivity contribution is 0.0528. The first-order valence-electron chi connectivity index (χ1n) is 8.79. The van der Waals surface area contributed by atoms with Gasteiger partial charge in [0.15, 0.2) is 0 Å². The zero-order valence-electron chi connectivity index (χ0n) is 15.0. The number of H-pyrrole nitrogens is 2. The first-order valence-corrected chi connectivity index (χ1v) is 8.79. The van der Waals surface area contributed by atoms with Gasteiger partial charge in [0.2, 0.25) is 0 Å². The number of esters is 1. The fraction of sp³-hybridized carbons (Fsp3) is 0.0952. The molecule has 0 unspecified atom stereocenters. The van der Waals surface area contributed by atoms with Crippen molar-refractivity contribution in [3.63, 3.8) is 0 Å². The molecule has 0 aliphatic carbocycles. The Hall–Kier alpha value is -3.87. The number of pyridine rings is 1. The average Bonchev–Trinajstić information content (AvgIpc) is 3.16. The van der Waals surface area contributed by atoms with Gasteiger partial charge in [-0.3, -0.25) is 9.59 Å². The molecule has 28 heavy (non-hydrogen) atoms. The Morgan fingerprint density at radius 3 is 2.64 bits per heavy atom. The molecule has 0 aliphatic heterocycles. The van der Waals surface area contributed by atoms with Gasteiger partial charge in [-0.15, -0.1) is 0 Å². The highest BCUT2D eigenvalue weighted by molar-refractivity contribution is 6.16. The molecule has 7 nitrogen and oxygen atoms in total. The van der Waals surface area contributed by atoms with Crippen LogP contribution in [0.15, 0.2) is 59.5 Å². The highest BCUT2D eigenvalue weighted by Crippen LogP contribution is 2.27. The number of anilines is 1. The smallest absolute Gasteiger partial charge is 0.340 e. The standard InChI is InChI=1S/C21H17N3O4/c1-2-28-21(27)15-11-22-18-17(15)14-10-13(8-9-16(14)24-20(18)26)23-19(25)12-6-4-3-5-7-12/h3-11,22H,2H2,1H3,(H,23,25)(H,24,26). The van der Waals surface area contributed by atoms with E-state index in [-0.39, 0.29) is 29.2 Å². The number of aromatic amines is 2. The fourth-order valence-electron chi connectivity index (χ4n) is 3.17. The highest BCUT2D eigenvalue weighted by atomic mass is 16.5. The summed E-state index contributed by atoms with van der Waals surface area (Å²) >= 11 is 0. The van der Waals surface area contributed by atoms with E-state index in [1.165, 1.54) is 6.20 Å². The molecule has 2 aromatic carbocycles. The Bertz CT molecular complexity index is 1260. The van der Waals surface area contributed by atoms with E-state index in [1.807, 2.05) is 6.07 Å². The van der Waals surface area contributed by atoms with Crippen molar-refractivity contribution in [3.8, 4) is 0 Å². The normalized spacial score (nSPS) is 10.9. The minimum absolute atomic E-state index is 0.227. The number of fused-ring (bicyclic) bond motifs is 3. The monoisotopic (exact) mass is 375 g/mol. The van der Waals surface area contributed by atoms with E-state index in [2.05, 4.69) is 15.3 Å². The van der Waals surface area contributed by atoms with E-state index in [4.69, 9.17) is 4.74 Å². The summed E-state index contributed by atoms with van der Waals surface area (Å²) in [6.45, 7) is 1.94. The lowest BCUT2D eigenvalue weighted by atomic mass is 10.1. The summed E-state index contributed by atoms with van der Waals surface area (Å²) < 4.78 is 5.09. The third-order valence-corrected chi connectivity index (χ3v) is 4.43. The van der Waals surface area contributed by atoms with Crippen molar-refractivity contribution in [2.45, 2.75) is 6.92 Å². The second-order valence-electron chi connectivity index (χ2n) is 6.21. The van der Waals surface area contributed by atoms with Crippen LogP contribution in [0.2, 0.25) is 0 Å². The van der Waals surface area contributed by atoms with Gasteiger partial charge in [0.1, 0.15) is 5.52 Å². The van der Waals surface area contributed by atoms with Crippen LogP contribution in [0.1, 0.15) is 27.6 Å². The van der Waals surface area contributed by atoms with Gasteiger partial charge in [-0.1, -0.05) is 18.2 Å². The molecule has 0 atom stereocenters. The minimum atomic E-state index is -0.514. The summed E-state index contributed by atoms with van der Waals surface area (Å²) in [4.78, 5) is 42.7. The largest absolute Gasteiger partial charge is 0.462 e. The Morgan fingerprint density at radius 1 is 1.11 bits per heavy atom. The number of carbonyl (C=O) groups is 2. The summed E-state index contributed by atoms with van der Waals surface area (Å²) in [7, 11) is 0. The Balaban J connectivity index is 1.83. The fourth-order valence-corrected chi connectivity index (χ4v) is 3.17. The van der Waals surface area contributed by atoms with Crippen molar-refractivity contribution in [1.29, 1.82) is 0 Å². The van der Waals surface area contributed by atoms with Crippen LogP contribution >= 0.6 is 0 Å². The number of rotatable bonds is 4. The molecule has 4 rings (SSSR count). The van der Waals surface area contributed by atoms with Gasteiger partial charge >= 0.3 is 5.97 Å². The number of benzene rings is 2. The molecule has 2 heterocycles. The van der Waals surface area contributed by atoms with Gasteiger partial charge in [0.05, 0.1) is 12.2 Å². The van der Waals surface area contributed by atoms with Crippen LogP contribution in [0.25, 0.3) is 21.8 Å². The molecule has 0 spiro atoms. The molecular formula is C21H17N3O4. The number of ether oxygens (including phenoxy) is 1. The Labute approximate surface area is 159 Å². The number of amides is 1. The lowest BCUT2D eigenvalue weighted by Gasteiger charge is -2.08. The lowest BCUT2D eigenvalue weighted by Crippen LogP contribution is -2.12. The molecule has 0 aliphatic rings. The van der Waals surface area contributed by atoms with E-state index in [0.717, 1.165) is 0 Å². The maximum absolute atomic E-state index is 12.4. The van der Waals surface area contributed by atoms with Gasteiger partial charge in [0.25, 0.3) is 11.5 Å². The van der Waals surface area contributed by atoms with Gasteiger partial charge in [-0.25, -0.2) is 4.79 Å². The molecule has 140 valence electrons. The van der Waals surface area contributed by atoms with E-state index in [9.17, 15) is 14.4 Å². The maximum atomic E-state index is 12.4. The first-order chi connectivity index (χ1) is 13.6. The van der Waals surface area contributed by atoms with Crippen LogP contribution in [-0.4, -0.2) is 28.5 Å². The number of carbonyl (C=O) groups excluding carboxylic acids is 2. The van der Waals surface area contributed by atoms with Crippen molar-refractivity contribution in [1.82, 2.24) is 9.97 Å². The third-order valence-electron chi connectivity index (χ3n) is 4.43. The topological polar surface area (TPSA) is 104 Å². The number of hydrogen-bond acceptors (Lipinski definition) is 4. The molecule has 0 saturated carbocycles. The van der Waals surface area contributed by atoms with Crippen LogP contribution in [0.4, 0.5) is 5.69 Å². The quantitative estimate of drug-likeness (QED) is 0.475.